The Bertz CT molecular complexity index is 587. The summed E-state index contributed by atoms with van der Waals surface area (Å²) >= 11 is 5.99. The SMILES string of the molecule is CCNC(=NCCc1ccco1)NCCc1cccc(Cl)c1.I. The van der Waals surface area contributed by atoms with Gasteiger partial charge in [-0.1, -0.05) is 23.7 Å². The molecule has 0 fully saturated rings. The third-order valence-corrected chi connectivity index (χ3v) is 3.38. The third kappa shape index (κ3) is 7.74. The molecular weight excluding hydrogens is 425 g/mol. The molecule has 2 aromatic rings. The van der Waals surface area contributed by atoms with Crippen LogP contribution in [0.3, 0.4) is 0 Å². The number of halogens is 2. The minimum atomic E-state index is 0. The summed E-state index contributed by atoms with van der Waals surface area (Å²) in [7, 11) is 0. The van der Waals surface area contributed by atoms with Crippen LogP contribution >= 0.6 is 35.6 Å². The Morgan fingerprint density at radius 1 is 1.17 bits per heavy atom. The molecule has 0 aliphatic rings. The van der Waals surface area contributed by atoms with Gasteiger partial charge in [-0.3, -0.25) is 4.99 Å². The first kappa shape index (κ1) is 19.8. The molecule has 0 spiro atoms. The van der Waals surface area contributed by atoms with Crippen molar-refractivity contribution < 1.29 is 4.42 Å². The zero-order valence-corrected chi connectivity index (χ0v) is 16.3. The standard InChI is InChI=1S/C17H22ClN3O.HI/c1-2-19-17(21-11-9-16-7-4-12-22-16)20-10-8-14-5-3-6-15(18)13-14;/h3-7,12-13H,2,8-11H2,1H3,(H2,19,20,21);1H. The van der Waals surface area contributed by atoms with Gasteiger partial charge in [0.05, 0.1) is 6.26 Å². The maximum Gasteiger partial charge on any atom is 0.191 e. The van der Waals surface area contributed by atoms with Gasteiger partial charge in [0.2, 0.25) is 0 Å². The van der Waals surface area contributed by atoms with Crippen LogP contribution < -0.4 is 10.6 Å². The Kier molecular flexibility index (Phi) is 9.78. The van der Waals surface area contributed by atoms with Gasteiger partial charge in [-0.05, 0) is 43.2 Å². The molecule has 0 aliphatic heterocycles. The fraction of sp³-hybridized carbons (Fsp3) is 0.353. The highest BCUT2D eigenvalue weighted by Crippen LogP contribution is 2.10. The summed E-state index contributed by atoms with van der Waals surface area (Å²) in [6.07, 6.45) is 3.40. The number of rotatable bonds is 7. The van der Waals surface area contributed by atoms with Crippen LogP contribution in [0.15, 0.2) is 52.1 Å². The topological polar surface area (TPSA) is 49.6 Å². The highest BCUT2D eigenvalue weighted by atomic mass is 127. The number of furan rings is 1. The van der Waals surface area contributed by atoms with Crippen molar-refractivity contribution in [2.24, 2.45) is 4.99 Å². The molecule has 0 saturated carbocycles. The van der Waals surface area contributed by atoms with Crippen molar-refractivity contribution >= 4 is 41.5 Å². The van der Waals surface area contributed by atoms with E-state index in [1.165, 1.54) is 5.56 Å². The largest absolute Gasteiger partial charge is 0.469 e. The van der Waals surface area contributed by atoms with Crippen LogP contribution in [0, 0.1) is 0 Å². The highest BCUT2D eigenvalue weighted by Gasteiger charge is 1.99. The van der Waals surface area contributed by atoms with Crippen LogP contribution in [0.1, 0.15) is 18.2 Å². The van der Waals surface area contributed by atoms with Crippen LogP contribution in [-0.4, -0.2) is 25.6 Å². The predicted molar refractivity (Wildman–Crippen MR) is 107 cm³/mol. The van der Waals surface area contributed by atoms with Crippen LogP contribution in [0.2, 0.25) is 5.02 Å². The number of aliphatic imine (C=N–C) groups is 1. The monoisotopic (exact) mass is 447 g/mol. The summed E-state index contributed by atoms with van der Waals surface area (Å²) in [5, 5.41) is 7.35. The summed E-state index contributed by atoms with van der Waals surface area (Å²) in [6, 6.07) is 11.8. The van der Waals surface area contributed by atoms with Gasteiger partial charge in [-0.25, -0.2) is 0 Å². The Morgan fingerprint density at radius 2 is 2.04 bits per heavy atom. The molecule has 0 radical (unpaired) electrons. The van der Waals surface area contributed by atoms with Crippen molar-refractivity contribution in [1.29, 1.82) is 0 Å². The van der Waals surface area contributed by atoms with Gasteiger partial charge in [0.1, 0.15) is 5.76 Å². The zero-order valence-electron chi connectivity index (χ0n) is 13.2. The third-order valence-electron chi connectivity index (χ3n) is 3.15. The van der Waals surface area contributed by atoms with Crippen LogP contribution in [0.4, 0.5) is 0 Å². The van der Waals surface area contributed by atoms with Gasteiger partial charge in [0.25, 0.3) is 0 Å². The van der Waals surface area contributed by atoms with Crippen LogP contribution in [-0.2, 0) is 12.8 Å². The summed E-state index contributed by atoms with van der Waals surface area (Å²) in [4.78, 5) is 4.55. The molecule has 0 aliphatic carbocycles. The minimum Gasteiger partial charge on any atom is -0.469 e. The van der Waals surface area contributed by atoms with Crippen molar-refractivity contribution in [1.82, 2.24) is 10.6 Å². The molecule has 2 rings (SSSR count). The van der Waals surface area contributed by atoms with Crippen molar-refractivity contribution in [3.63, 3.8) is 0 Å². The second kappa shape index (κ2) is 11.3. The number of nitrogens with one attached hydrogen (secondary N) is 2. The molecule has 126 valence electrons. The lowest BCUT2D eigenvalue weighted by Crippen LogP contribution is -2.38. The van der Waals surface area contributed by atoms with Crippen molar-refractivity contribution in [2.75, 3.05) is 19.6 Å². The van der Waals surface area contributed by atoms with E-state index in [1.807, 2.05) is 30.3 Å². The molecule has 0 amide bonds. The first-order chi connectivity index (χ1) is 10.8. The number of hydrogen-bond acceptors (Lipinski definition) is 2. The van der Waals surface area contributed by atoms with Gasteiger partial charge in [0.15, 0.2) is 5.96 Å². The van der Waals surface area contributed by atoms with E-state index in [2.05, 4.69) is 28.6 Å². The number of hydrogen-bond donors (Lipinski definition) is 2. The Balaban J connectivity index is 0.00000264. The second-order valence-corrected chi connectivity index (χ2v) is 5.33. The lowest BCUT2D eigenvalue weighted by Gasteiger charge is -2.11. The second-order valence-electron chi connectivity index (χ2n) is 4.90. The summed E-state index contributed by atoms with van der Waals surface area (Å²) in [5.74, 6) is 1.79. The molecule has 23 heavy (non-hydrogen) atoms. The first-order valence-electron chi connectivity index (χ1n) is 7.57. The van der Waals surface area contributed by atoms with E-state index in [-0.39, 0.29) is 24.0 Å². The molecule has 0 atom stereocenters. The maximum atomic E-state index is 5.99. The fourth-order valence-corrected chi connectivity index (χ4v) is 2.31. The van der Waals surface area contributed by atoms with E-state index >= 15 is 0 Å². The Morgan fingerprint density at radius 3 is 2.74 bits per heavy atom. The molecular formula is C17H23ClIN3O. The van der Waals surface area contributed by atoms with Crippen LogP contribution in [0.25, 0.3) is 0 Å². The number of guanidine groups is 1. The summed E-state index contributed by atoms with van der Waals surface area (Å²) in [6.45, 7) is 4.40. The molecule has 1 heterocycles. The molecule has 0 saturated heterocycles. The van der Waals surface area contributed by atoms with Gasteiger partial charge in [0, 0.05) is 31.1 Å². The van der Waals surface area contributed by atoms with E-state index in [9.17, 15) is 0 Å². The van der Waals surface area contributed by atoms with Crippen molar-refractivity contribution in [3.8, 4) is 0 Å². The maximum absolute atomic E-state index is 5.99. The summed E-state index contributed by atoms with van der Waals surface area (Å²) < 4.78 is 5.30. The van der Waals surface area contributed by atoms with Crippen molar-refractivity contribution in [3.05, 3.63) is 59.0 Å². The first-order valence-corrected chi connectivity index (χ1v) is 7.94. The lowest BCUT2D eigenvalue weighted by molar-refractivity contribution is 0.510. The number of benzene rings is 1. The fourth-order valence-electron chi connectivity index (χ4n) is 2.09. The summed E-state index contributed by atoms with van der Waals surface area (Å²) in [5.41, 5.74) is 1.21. The molecule has 0 bridgehead atoms. The van der Waals surface area contributed by atoms with E-state index in [0.29, 0.717) is 6.54 Å². The molecule has 2 N–H and O–H groups in total. The predicted octanol–water partition coefficient (Wildman–Crippen LogP) is 3.89. The molecule has 1 aromatic heterocycles. The smallest absolute Gasteiger partial charge is 0.191 e. The zero-order chi connectivity index (χ0) is 15.6. The lowest BCUT2D eigenvalue weighted by atomic mass is 10.1. The molecule has 1 aromatic carbocycles. The average molecular weight is 448 g/mol. The quantitative estimate of drug-likeness (QED) is 0.385. The van der Waals surface area contributed by atoms with E-state index in [4.69, 9.17) is 16.0 Å². The minimum absolute atomic E-state index is 0. The Labute approximate surface area is 159 Å². The Hall–Kier alpha value is -1.21. The van der Waals surface area contributed by atoms with Gasteiger partial charge >= 0.3 is 0 Å². The molecule has 4 nitrogen and oxygen atoms in total. The van der Waals surface area contributed by atoms with Crippen molar-refractivity contribution in [2.45, 2.75) is 19.8 Å². The average Bonchev–Trinajstić information content (AvgIpc) is 3.01. The van der Waals surface area contributed by atoms with E-state index < -0.39 is 0 Å². The van der Waals surface area contributed by atoms with Gasteiger partial charge in [-0.2, -0.15) is 0 Å². The molecule has 6 heteroatoms. The van der Waals surface area contributed by atoms with Gasteiger partial charge in [-0.15, -0.1) is 24.0 Å². The highest BCUT2D eigenvalue weighted by molar-refractivity contribution is 14.0. The number of nitrogens with zero attached hydrogens (tertiary/aromatic N) is 1. The normalized spacial score (nSPS) is 11.0. The van der Waals surface area contributed by atoms with Gasteiger partial charge < -0.3 is 15.1 Å². The van der Waals surface area contributed by atoms with E-state index in [0.717, 1.165) is 42.7 Å². The van der Waals surface area contributed by atoms with E-state index in [1.54, 1.807) is 6.26 Å². The van der Waals surface area contributed by atoms with Crippen LogP contribution in [0.5, 0.6) is 0 Å². The molecule has 0 unspecified atom stereocenters.